The number of rotatable bonds is 7. The van der Waals surface area contributed by atoms with Crippen LogP contribution in [0.15, 0.2) is 67.0 Å². The first kappa shape index (κ1) is 19.6. The summed E-state index contributed by atoms with van der Waals surface area (Å²) in [7, 11) is 0. The number of fused-ring (bicyclic) bond motifs is 2. The Morgan fingerprint density at radius 1 is 1.06 bits per heavy atom. The lowest BCUT2D eigenvalue weighted by Crippen LogP contribution is -2.36. The van der Waals surface area contributed by atoms with Crippen LogP contribution in [-0.4, -0.2) is 43.6 Å². The molecule has 3 aromatic heterocycles. The van der Waals surface area contributed by atoms with Crippen LogP contribution in [0.5, 0.6) is 0 Å². The van der Waals surface area contributed by atoms with Crippen molar-refractivity contribution in [2.45, 2.75) is 24.9 Å². The molecule has 164 valence electrons. The number of hydrogen-bond acceptors (Lipinski definition) is 5. The van der Waals surface area contributed by atoms with E-state index in [-0.39, 0.29) is 11.9 Å². The summed E-state index contributed by atoms with van der Waals surface area (Å²) in [5, 5.41) is 15.1. The van der Waals surface area contributed by atoms with Crippen molar-refractivity contribution in [1.82, 2.24) is 35.8 Å². The summed E-state index contributed by atoms with van der Waals surface area (Å²) in [6.07, 6.45) is 5.88. The average molecular weight is 438 g/mol. The standard InChI is InChI=1S/C25H23N7O/c33-25(30-22(14-27-17-6-7-17)15-4-2-1-3-5-15)24-28-20-12-18-19(13-21(20)29-24)31-32-23(18)16-8-10-26-11-9-16/h1-5,8-13,17,22,27H,6-7,14H2,(H,28,29)(H,30,33)(H,31,32)/t22-/m1/s1. The van der Waals surface area contributed by atoms with Crippen molar-refractivity contribution in [3.8, 4) is 11.3 Å². The van der Waals surface area contributed by atoms with Gasteiger partial charge in [0.2, 0.25) is 0 Å². The van der Waals surface area contributed by atoms with Crippen LogP contribution in [0.3, 0.4) is 0 Å². The minimum atomic E-state index is -0.228. The van der Waals surface area contributed by atoms with Gasteiger partial charge in [0, 0.05) is 35.9 Å². The number of benzene rings is 2. The average Bonchev–Trinajstić information content (AvgIpc) is 3.45. The fourth-order valence-electron chi connectivity index (χ4n) is 4.10. The normalized spacial score (nSPS) is 14.5. The van der Waals surface area contributed by atoms with E-state index in [2.05, 4.69) is 35.8 Å². The van der Waals surface area contributed by atoms with Gasteiger partial charge in [-0.2, -0.15) is 5.10 Å². The van der Waals surface area contributed by atoms with Crippen LogP contribution in [0.25, 0.3) is 33.2 Å². The van der Waals surface area contributed by atoms with Crippen LogP contribution in [0.2, 0.25) is 0 Å². The zero-order chi connectivity index (χ0) is 22.2. The van der Waals surface area contributed by atoms with E-state index in [1.807, 2.05) is 54.6 Å². The summed E-state index contributed by atoms with van der Waals surface area (Å²) in [4.78, 5) is 25.0. The number of amides is 1. The lowest BCUT2D eigenvalue weighted by atomic mass is 10.1. The zero-order valence-corrected chi connectivity index (χ0v) is 17.9. The third-order valence-electron chi connectivity index (χ3n) is 6.03. The second-order valence-electron chi connectivity index (χ2n) is 8.43. The topological polar surface area (TPSA) is 111 Å². The van der Waals surface area contributed by atoms with Gasteiger partial charge in [-0.05, 0) is 42.7 Å². The molecule has 1 saturated carbocycles. The second kappa shape index (κ2) is 8.14. The number of carbonyl (C=O) groups is 1. The number of aromatic amines is 2. The number of nitrogens with one attached hydrogen (secondary N) is 4. The Morgan fingerprint density at radius 3 is 2.67 bits per heavy atom. The van der Waals surface area contributed by atoms with E-state index in [4.69, 9.17) is 0 Å². The van der Waals surface area contributed by atoms with Gasteiger partial charge in [-0.3, -0.25) is 14.9 Å². The fraction of sp³-hybridized carbons (Fsp3) is 0.200. The van der Waals surface area contributed by atoms with E-state index in [1.165, 1.54) is 12.8 Å². The highest BCUT2D eigenvalue weighted by molar-refractivity contribution is 6.02. The summed E-state index contributed by atoms with van der Waals surface area (Å²) < 4.78 is 0. The number of carbonyl (C=O) groups excluding carboxylic acids is 1. The van der Waals surface area contributed by atoms with Crippen LogP contribution in [0.4, 0.5) is 0 Å². The lowest BCUT2D eigenvalue weighted by molar-refractivity contribution is 0.0926. The van der Waals surface area contributed by atoms with Crippen molar-refractivity contribution in [2.75, 3.05) is 6.54 Å². The minimum absolute atomic E-state index is 0.135. The maximum atomic E-state index is 13.1. The van der Waals surface area contributed by atoms with E-state index in [0.717, 1.165) is 38.8 Å². The predicted octanol–water partition coefficient (Wildman–Crippen LogP) is 3.72. The summed E-state index contributed by atoms with van der Waals surface area (Å²) in [6, 6.07) is 18.2. The van der Waals surface area contributed by atoms with Crippen LogP contribution >= 0.6 is 0 Å². The van der Waals surface area contributed by atoms with Crippen molar-refractivity contribution in [2.24, 2.45) is 0 Å². The molecular formula is C25H23N7O. The van der Waals surface area contributed by atoms with Gasteiger partial charge >= 0.3 is 0 Å². The third-order valence-corrected chi connectivity index (χ3v) is 6.03. The molecule has 1 fully saturated rings. The first-order chi connectivity index (χ1) is 16.2. The van der Waals surface area contributed by atoms with Gasteiger partial charge < -0.3 is 15.6 Å². The maximum Gasteiger partial charge on any atom is 0.287 e. The van der Waals surface area contributed by atoms with E-state index < -0.39 is 0 Å². The Bertz CT molecular complexity index is 1420. The molecule has 0 unspecified atom stereocenters. The minimum Gasteiger partial charge on any atom is -0.341 e. The number of H-pyrrole nitrogens is 2. The van der Waals surface area contributed by atoms with E-state index in [9.17, 15) is 4.79 Å². The van der Waals surface area contributed by atoms with Gasteiger partial charge in [-0.25, -0.2) is 4.98 Å². The SMILES string of the molecule is O=C(N[C@H](CNC1CC1)c1ccccc1)c1nc2cc3c(-c4ccncc4)n[nH]c3cc2[nH]1. The molecule has 8 nitrogen and oxygen atoms in total. The molecule has 0 spiro atoms. The van der Waals surface area contributed by atoms with Crippen LogP contribution in [-0.2, 0) is 0 Å². The van der Waals surface area contributed by atoms with Gasteiger partial charge in [0.1, 0.15) is 5.69 Å². The van der Waals surface area contributed by atoms with Gasteiger partial charge in [0.15, 0.2) is 5.82 Å². The molecule has 0 saturated heterocycles. The molecule has 5 aromatic rings. The molecule has 4 N–H and O–H groups in total. The van der Waals surface area contributed by atoms with E-state index in [0.29, 0.717) is 18.4 Å². The van der Waals surface area contributed by atoms with E-state index in [1.54, 1.807) is 12.4 Å². The summed E-state index contributed by atoms with van der Waals surface area (Å²) in [6.45, 7) is 0.685. The molecule has 33 heavy (non-hydrogen) atoms. The summed E-state index contributed by atoms with van der Waals surface area (Å²) in [5.74, 6) is 0.0669. The molecule has 6 rings (SSSR count). The van der Waals surface area contributed by atoms with Crippen LogP contribution in [0.1, 0.15) is 35.1 Å². The van der Waals surface area contributed by atoms with Crippen molar-refractivity contribution >= 4 is 27.8 Å². The summed E-state index contributed by atoms with van der Waals surface area (Å²) in [5.41, 5.74) is 5.25. The molecule has 1 aliphatic rings. The highest BCUT2D eigenvalue weighted by atomic mass is 16.2. The monoisotopic (exact) mass is 437 g/mol. The van der Waals surface area contributed by atoms with Crippen molar-refractivity contribution in [1.29, 1.82) is 0 Å². The number of imidazole rings is 1. The molecule has 1 aliphatic carbocycles. The predicted molar refractivity (Wildman–Crippen MR) is 127 cm³/mol. The Hall–Kier alpha value is -4.04. The molecule has 1 amide bonds. The van der Waals surface area contributed by atoms with E-state index >= 15 is 0 Å². The molecule has 1 atom stereocenters. The second-order valence-corrected chi connectivity index (χ2v) is 8.43. The number of nitrogens with zero attached hydrogens (tertiary/aromatic N) is 3. The molecule has 0 aliphatic heterocycles. The quantitative estimate of drug-likeness (QED) is 0.310. The first-order valence-corrected chi connectivity index (χ1v) is 11.1. The van der Waals surface area contributed by atoms with Crippen molar-refractivity contribution in [3.05, 3.63) is 78.4 Å². The molecule has 3 heterocycles. The summed E-state index contributed by atoms with van der Waals surface area (Å²) >= 11 is 0. The molecule has 2 aromatic carbocycles. The van der Waals surface area contributed by atoms with Crippen molar-refractivity contribution in [3.63, 3.8) is 0 Å². The van der Waals surface area contributed by atoms with Crippen LogP contribution in [0, 0.1) is 0 Å². The molecular weight excluding hydrogens is 414 g/mol. The van der Waals surface area contributed by atoms with Gasteiger partial charge in [-0.15, -0.1) is 0 Å². The Morgan fingerprint density at radius 2 is 1.88 bits per heavy atom. The first-order valence-electron chi connectivity index (χ1n) is 11.1. The highest BCUT2D eigenvalue weighted by Crippen LogP contribution is 2.29. The molecule has 8 heteroatoms. The lowest BCUT2D eigenvalue weighted by Gasteiger charge is -2.19. The van der Waals surface area contributed by atoms with Gasteiger partial charge in [0.05, 0.1) is 22.6 Å². The third kappa shape index (κ3) is 3.96. The molecule has 0 bridgehead atoms. The fourth-order valence-corrected chi connectivity index (χ4v) is 4.10. The number of aromatic nitrogens is 5. The van der Waals surface area contributed by atoms with Crippen molar-refractivity contribution < 1.29 is 4.79 Å². The number of pyridine rings is 1. The number of hydrogen-bond donors (Lipinski definition) is 4. The Kier molecular flexibility index (Phi) is 4.84. The Labute approximate surface area is 189 Å². The highest BCUT2D eigenvalue weighted by Gasteiger charge is 2.24. The maximum absolute atomic E-state index is 13.1. The smallest absolute Gasteiger partial charge is 0.287 e. The van der Waals surface area contributed by atoms with Gasteiger partial charge in [0.25, 0.3) is 5.91 Å². The van der Waals surface area contributed by atoms with Crippen LogP contribution < -0.4 is 10.6 Å². The zero-order valence-electron chi connectivity index (χ0n) is 17.9. The Balaban J connectivity index is 1.29. The largest absolute Gasteiger partial charge is 0.341 e. The van der Waals surface area contributed by atoms with Gasteiger partial charge in [-0.1, -0.05) is 30.3 Å². The molecule has 0 radical (unpaired) electrons.